The molecular weight excluding hydrogens is 378 g/mol. The van der Waals surface area contributed by atoms with Gasteiger partial charge < -0.3 is 10.1 Å². The molecule has 0 aliphatic rings. The summed E-state index contributed by atoms with van der Waals surface area (Å²) in [5.74, 6) is -0.587. The first-order valence-corrected chi connectivity index (χ1v) is 12.4. The number of allylic oxidation sites excluding steroid dienone is 2. The first kappa shape index (κ1) is 27.1. The zero-order valence-corrected chi connectivity index (χ0v) is 18.6. The second kappa shape index (κ2) is 18.1. The van der Waals surface area contributed by atoms with Crippen molar-refractivity contribution in [2.24, 2.45) is 0 Å². The first-order chi connectivity index (χ1) is 13.4. The van der Waals surface area contributed by atoms with Crippen LogP contribution in [0.4, 0.5) is 0 Å². The molecule has 0 rings (SSSR count). The highest BCUT2D eigenvalue weighted by atomic mass is 32.2. The van der Waals surface area contributed by atoms with E-state index in [0.717, 1.165) is 32.1 Å². The zero-order valence-electron chi connectivity index (χ0n) is 17.8. The highest BCUT2D eigenvalue weighted by Crippen LogP contribution is 2.11. The molecule has 0 spiro atoms. The maximum Gasteiger partial charge on any atom is 0.307 e. The van der Waals surface area contributed by atoms with Crippen LogP contribution in [-0.4, -0.2) is 38.0 Å². The van der Waals surface area contributed by atoms with Crippen molar-refractivity contribution in [1.82, 2.24) is 5.32 Å². The fourth-order valence-corrected chi connectivity index (χ4v) is 3.53. The summed E-state index contributed by atoms with van der Waals surface area (Å²) in [7, 11) is -2.87. The number of hydrogen-bond acceptors (Lipinski definition) is 5. The minimum atomic E-state index is -4.39. The molecule has 0 amide bonds. The third kappa shape index (κ3) is 17.2. The Morgan fingerprint density at radius 2 is 1.43 bits per heavy atom. The SMILES string of the molecule is CCCCCCCC/C=C\CCCCCCCC(=O)OC(CNC)S(=O)(=O)O. The molecule has 2 N–H and O–H groups in total. The third-order valence-electron chi connectivity index (χ3n) is 4.61. The topological polar surface area (TPSA) is 92.7 Å². The number of likely N-dealkylation sites (N-methyl/N-ethyl adjacent to an activating group) is 1. The van der Waals surface area contributed by atoms with Crippen LogP contribution in [-0.2, 0) is 19.6 Å². The van der Waals surface area contributed by atoms with Crippen molar-refractivity contribution in [2.75, 3.05) is 13.6 Å². The van der Waals surface area contributed by atoms with Gasteiger partial charge in [-0.1, -0.05) is 70.4 Å². The predicted octanol–water partition coefficient (Wildman–Crippen LogP) is 5.00. The van der Waals surface area contributed by atoms with Crippen LogP contribution in [0, 0.1) is 0 Å². The second-order valence-electron chi connectivity index (χ2n) is 7.33. The first-order valence-electron chi connectivity index (χ1n) is 10.9. The Hall–Kier alpha value is -0.920. The quantitative estimate of drug-likeness (QED) is 0.132. The van der Waals surface area contributed by atoms with Gasteiger partial charge in [-0.25, -0.2) is 0 Å². The highest BCUT2D eigenvalue weighted by molar-refractivity contribution is 7.86. The lowest BCUT2D eigenvalue weighted by molar-refractivity contribution is -0.145. The van der Waals surface area contributed by atoms with E-state index in [2.05, 4.69) is 24.4 Å². The minimum absolute atomic E-state index is 0.128. The van der Waals surface area contributed by atoms with Crippen LogP contribution in [0.15, 0.2) is 12.2 Å². The average Bonchev–Trinajstić information content (AvgIpc) is 2.63. The van der Waals surface area contributed by atoms with E-state index in [1.807, 2.05) is 0 Å². The summed E-state index contributed by atoms with van der Waals surface area (Å²) in [6.45, 7) is 2.11. The van der Waals surface area contributed by atoms with Gasteiger partial charge in [-0.15, -0.1) is 0 Å². The van der Waals surface area contributed by atoms with Crippen LogP contribution in [0.1, 0.15) is 96.8 Å². The molecule has 6 nitrogen and oxygen atoms in total. The van der Waals surface area contributed by atoms with Crippen molar-refractivity contribution in [3.05, 3.63) is 12.2 Å². The fraction of sp³-hybridized carbons (Fsp3) is 0.857. The molecule has 0 heterocycles. The van der Waals surface area contributed by atoms with Crippen LogP contribution < -0.4 is 5.32 Å². The number of ether oxygens (including phenoxy) is 1. The van der Waals surface area contributed by atoms with E-state index < -0.39 is 21.5 Å². The van der Waals surface area contributed by atoms with E-state index in [1.165, 1.54) is 52.0 Å². The van der Waals surface area contributed by atoms with Crippen molar-refractivity contribution < 1.29 is 22.5 Å². The van der Waals surface area contributed by atoms with Crippen LogP contribution >= 0.6 is 0 Å². The number of hydrogen-bond donors (Lipinski definition) is 2. The number of carbonyl (C=O) groups is 1. The Morgan fingerprint density at radius 3 is 1.93 bits per heavy atom. The van der Waals surface area contributed by atoms with Crippen molar-refractivity contribution in [2.45, 2.75) is 102 Å². The summed E-state index contributed by atoms with van der Waals surface area (Å²) in [5, 5.41) is 2.58. The molecule has 0 aromatic heterocycles. The van der Waals surface area contributed by atoms with Gasteiger partial charge in [-0.05, 0) is 39.2 Å². The predicted molar refractivity (Wildman–Crippen MR) is 115 cm³/mol. The van der Waals surface area contributed by atoms with E-state index in [-0.39, 0.29) is 13.0 Å². The van der Waals surface area contributed by atoms with Crippen LogP contribution in [0.3, 0.4) is 0 Å². The lowest BCUT2D eigenvalue weighted by Crippen LogP contribution is -2.35. The molecule has 1 atom stereocenters. The molecule has 0 bridgehead atoms. The largest absolute Gasteiger partial charge is 0.442 e. The number of carbonyl (C=O) groups excluding carboxylic acids is 1. The summed E-state index contributed by atoms with van der Waals surface area (Å²) in [4.78, 5) is 11.7. The Kier molecular flexibility index (Phi) is 17.5. The van der Waals surface area contributed by atoms with E-state index in [0.29, 0.717) is 6.42 Å². The van der Waals surface area contributed by atoms with Gasteiger partial charge in [0.2, 0.25) is 5.44 Å². The Bertz CT molecular complexity index is 505. The number of rotatable bonds is 19. The molecule has 166 valence electrons. The molecule has 0 saturated heterocycles. The molecule has 0 saturated carbocycles. The van der Waals surface area contributed by atoms with Gasteiger partial charge in [0.25, 0.3) is 0 Å². The number of unbranched alkanes of at least 4 members (excludes halogenated alkanes) is 11. The maximum absolute atomic E-state index is 11.7. The molecule has 28 heavy (non-hydrogen) atoms. The summed E-state index contributed by atoms with van der Waals surface area (Å²) in [6, 6.07) is 0. The Morgan fingerprint density at radius 1 is 0.929 bits per heavy atom. The molecule has 1 unspecified atom stereocenters. The molecule has 0 fully saturated rings. The van der Waals surface area contributed by atoms with Gasteiger partial charge in [-0.3, -0.25) is 9.35 Å². The van der Waals surface area contributed by atoms with Gasteiger partial charge in [0, 0.05) is 13.0 Å². The zero-order chi connectivity index (χ0) is 21.1. The molecule has 0 aromatic rings. The van der Waals surface area contributed by atoms with Crippen molar-refractivity contribution in [1.29, 1.82) is 0 Å². The van der Waals surface area contributed by atoms with E-state index in [1.54, 1.807) is 0 Å². The minimum Gasteiger partial charge on any atom is -0.442 e. The summed E-state index contributed by atoms with van der Waals surface area (Å²) in [6.07, 6.45) is 20.0. The van der Waals surface area contributed by atoms with Gasteiger partial charge in [0.1, 0.15) is 0 Å². The van der Waals surface area contributed by atoms with Crippen molar-refractivity contribution >= 4 is 16.1 Å². The van der Waals surface area contributed by atoms with E-state index in [9.17, 15) is 13.2 Å². The normalized spacial score (nSPS) is 13.1. The van der Waals surface area contributed by atoms with E-state index in [4.69, 9.17) is 9.29 Å². The standard InChI is InChI=1S/C21H41NO5S/c1-3-4-5-6-7-8-9-10-11-12-13-14-15-16-17-18-20(23)27-21(19-22-2)28(24,25)26/h10-11,21-22H,3-9,12-19H2,1-2H3,(H,24,25,26)/b11-10-. The Labute approximate surface area is 172 Å². The molecular formula is C21H41NO5S. The van der Waals surface area contributed by atoms with E-state index >= 15 is 0 Å². The molecule has 0 radical (unpaired) electrons. The molecule has 0 aliphatic heterocycles. The monoisotopic (exact) mass is 419 g/mol. The van der Waals surface area contributed by atoms with Gasteiger partial charge in [0.05, 0.1) is 0 Å². The Balaban J connectivity index is 3.54. The maximum atomic E-state index is 11.7. The smallest absolute Gasteiger partial charge is 0.307 e. The second-order valence-corrected chi connectivity index (χ2v) is 8.88. The van der Waals surface area contributed by atoms with Gasteiger partial charge >= 0.3 is 16.1 Å². The third-order valence-corrected chi connectivity index (χ3v) is 5.54. The summed E-state index contributed by atoms with van der Waals surface area (Å²) < 4.78 is 36.0. The van der Waals surface area contributed by atoms with Gasteiger partial charge in [-0.2, -0.15) is 8.42 Å². The number of nitrogens with one attached hydrogen (secondary N) is 1. The molecule has 7 heteroatoms. The van der Waals surface area contributed by atoms with Crippen molar-refractivity contribution in [3.8, 4) is 0 Å². The molecule has 0 aliphatic carbocycles. The van der Waals surface area contributed by atoms with Crippen molar-refractivity contribution in [3.63, 3.8) is 0 Å². The lowest BCUT2D eigenvalue weighted by Gasteiger charge is -2.14. The number of esters is 1. The highest BCUT2D eigenvalue weighted by Gasteiger charge is 2.26. The fourth-order valence-electron chi connectivity index (χ4n) is 2.92. The average molecular weight is 420 g/mol. The summed E-state index contributed by atoms with van der Waals surface area (Å²) in [5.41, 5.74) is -1.53. The van der Waals surface area contributed by atoms with Gasteiger partial charge in [0.15, 0.2) is 0 Å². The lowest BCUT2D eigenvalue weighted by atomic mass is 10.1. The van der Waals surface area contributed by atoms with Crippen LogP contribution in [0.25, 0.3) is 0 Å². The van der Waals surface area contributed by atoms with Crippen LogP contribution in [0.2, 0.25) is 0 Å². The summed E-state index contributed by atoms with van der Waals surface area (Å²) >= 11 is 0. The van der Waals surface area contributed by atoms with Crippen LogP contribution in [0.5, 0.6) is 0 Å². The molecule has 0 aromatic carbocycles.